The lowest BCUT2D eigenvalue weighted by atomic mass is 10.1. The fraction of sp³-hybridized carbons (Fsp3) is 0.238. The maximum Gasteiger partial charge on any atom is 0.307 e. The van der Waals surface area contributed by atoms with Crippen LogP contribution >= 0.6 is 0 Å². The number of carboxylic acid groups (broad SMARTS) is 1. The van der Waals surface area contributed by atoms with Crippen molar-refractivity contribution in [1.82, 2.24) is 15.0 Å². The second-order valence-corrected chi connectivity index (χ2v) is 6.97. The van der Waals surface area contributed by atoms with Crippen LogP contribution in [-0.2, 0) is 11.2 Å². The monoisotopic (exact) mass is 406 g/mol. The lowest BCUT2D eigenvalue weighted by molar-refractivity contribution is -0.136. The van der Waals surface area contributed by atoms with Gasteiger partial charge >= 0.3 is 5.97 Å². The third-order valence-corrected chi connectivity index (χ3v) is 5.06. The third-order valence-electron chi connectivity index (χ3n) is 5.06. The van der Waals surface area contributed by atoms with Gasteiger partial charge in [-0.15, -0.1) is 0 Å². The number of benzene rings is 1. The van der Waals surface area contributed by atoms with E-state index in [1.165, 1.54) is 12.1 Å². The van der Waals surface area contributed by atoms with Crippen molar-refractivity contribution in [3.05, 3.63) is 59.8 Å². The molecule has 0 radical (unpaired) electrons. The summed E-state index contributed by atoms with van der Waals surface area (Å²) < 4.78 is 14.2. The van der Waals surface area contributed by atoms with Crippen molar-refractivity contribution >= 4 is 17.5 Å². The molecular weight excluding hydrogens is 387 g/mol. The summed E-state index contributed by atoms with van der Waals surface area (Å²) in [5.74, 6) is -0.101. The number of H-pyrrole nitrogens is 1. The number of anilines is 2. The lowest BCUT2D eigenvalue weighted by Crippen LogP contribution is -2.46. The molecule has 30 heavy (non-hydrogen) atoms. The van der Waals surface area contributed by atoms with Crippen molar-refractivity contribution in [1.29, 1.82) is 5.26 Å². The smallest absolute Gasteiger partial charge is 0.307 e. The zero-order chi connectivity index (χ0) is 21.1. The van der Waals surface area contributed by atoms with E-state index < -0.39 is 11.8 Å². The fourth-order valence-corrected chi connectivity index (χ4v) is 3.47. The molecule has 8 nitrogen and oxygen atoms in total. The van der Waals surface area contributed by atoms with Crippen LogP contribution in [0.1, 0.15) is 11.3 Å². The highest BCUT2D eigenvalue weighted by molar-refractivity contribution is 5.70. The molecule has 0 amide bonds. The van der Waals surface area contributed by atoms with Gasteiger partial charge in [-0.3, -0.25) is 4.79 Å². The molecule has 0 aliphatic carbocycles. The summed E-state index contributed by atoms with van der Waals surface area (Å²) in [6.45, 7) is 2.85. The maximum absolute atomic E-state index is 14.2. The van der Waals surface area contributed by atoms with Crippen LogP contribution in [0.4, 0.5) is 15.9 Å². The zero-order valence-electron chi connectivity index (χ0n) is 16.0. The summed E-state index contributed by atoms with van der Waals surface area (Å²) in [6, 6.07) is 10.5. The molecular formula is C21H19FN6O2. The Hall–Kier alpha value is -3.93. The first-order valence-corrected chi connectivity index (χ1v) is 9.45. The minimum absolute atomic E-state index is 0.188. The predicted molar refractivity (Wildman–Crippen MR) is 109 cm³/mol. The number of hydrogen-bond acceptors (Lipinski definition) is 6. The van der Waals surface area contributed by atoms with Crippen LogP contribution in [0.15, 0.2) is 42.7 Å². The summed E-state index contributed by atoms with van der Waals surface area (Å²) in [5, 5.41) is 17.7. The van der Waals surface area contributed by atoms with Crippen LogP contribution in [0.25, 0.3) is 11.4 Å². The van der Waals surface area contributed by atoms with E-state index in [1.54, 1.807) is 18.5 Å². The number of piperazine rings is 1. The Morgan fingerprint density at radius 1 is 1.20 bits per heavy atom. The van der Waals surface area contributed by atoms with E-state index in [0.717, 1.165) is 30.2 Å². The van der Waals surface area contributed by atoms with Gasteiger partial charge in [-0.2, -0.15) is 5.26 Å². The van der Waals surface area contributed by atoms with E-state index in [1.807, 2.05) is 18.2 Å². The lowest BCUT2D eigenvalue weighted by Gasteiger charge is -2.36. The quantitative estimate of drug-likeness (QED) is 0.670. The molecule has 4 rings (SSSR count). The van der Waals surface area contributed by atoms with Gasteiger partial charge in [0.1, 0.15) is 23.5 Å². The van der Waals surface area contributed by atoms with Crippen LogP contribution in [0, 0.1) is 17.1 Å². The zero-order valence-corrected chi connectivity index (χ0v) is 16.0. The highest BCUT2D eigenvalue weighted by atomic mass is 19.1. The Labute approximate surface area is 172 Å². The van der Waals surface area contributed by atoms with Crippen LogP contribution in [0.5, 0.6) is 0 Å². The standard InChI is InChI=1S/C21H19FN6O2/c22-18-10-17(3-1-14(18)9-20(29)30)27-5-7-28(8-6-27)19-4-2-15(12-24-19)21-25-13-16(11-23)26-21/h1-4,10,12-13H,5-9H2,(H,25,26)(H,29,30). The van der Waals surface area contributed by atoms with E-state index in [2.05, 4.69) is 24.8 Å². The molecule has 1 saturated heterocycles. The van der Waals surface area contributed by atoms with Crippen molar-refractivity contribution < 1.29 is 14.3 Å². The van der Waals surface area contributed by atoms with Gasteiger partial charge < -0.3 is 19.9 Å². The highest BCUT2D eigenvalue weighted by Crippen LogP contribution is 2.23. The number of aliphatic carboxylic acids is 1. The fourth-order valence-electron chi connectivity index (χ4n) is 3.47. The van der Waals surface area contributed by atoms with E-state index in [9.17, 15) is 9.18 Å². The topological polar surface area (TPSA) is 109 Å². The predicted octanol–water partition coefficient (Wildman–Crippen LogP) is 2.44. The van der Waals surface area contributed by atoms with Crippen LogP contribution < -0.4 is 9.80 Å². The van der Waals surface area contributed by atoms with Crippen molar-refractivity contribution in [3.8, 4) is 17.5 Å². The van der Waals surface area contributed by atoms with Crippen LogP contribution in [0.2, 0.25) is 0 Å². The number of hydrogen-bond donors (Lipinski definition) is 2. The summed E-state index contributed by atoms with van der Waals surface area (Å²) in [7, 11) is 0. The molecule has 2 N–H and O–H groups in total. The van der Waals surface area contributed by atoms with Crippen molar-refractivity contribution in [2.75, 3.05) is 36.0 Å². The number of halogens is 1. The first kappa shape index (κ1) is 19.4. The molecule has 0 bridgehead atoms. The largest absolute Gasteiger partial charge is 0.481 e. The molecule has 0 atom stereocenters. The molecule has 152 valence electrons. The van der Waals surface area contributed by atoms with Gasteiger partial charge in [-0.1, -0.05) is 6.07 Å². The molecule has 1 aromatic carbocycles. The number of nitrogens with one attached hydrogen (secondary N) is 1. The van der Waals surface area contributed by atoms with Crippen molar-refractivity contribution in [2.45, 2.75) is 6.42 Å². The molecule has 3 aromatic rings. The van der Waals surface area contributed by atoms with E-state index in [0.29, 0.717) is 24.6 Å². The number of aromatic nitrogens is 3. The second kappa shape index (κ2) is 8.21. The van der Waals surface area contributed by atoms with Gasteiger partial charge in [-0.25, -0.2) is 14.4 Å². The Morgan fingerprint density at radius 2 is 1.97 bits per heavy atom. The average molecular weight is 406 g/mol. The molecule has 0 unspecified atom stereocenters. The summed E-state index contributed by atoms with van der Waals surface area (Å²) in [6.07, 6.45) is 2.95. The third kappa shape index (κ3) is 4.07. The normalized spacial score (nSPS) is 13.9. The van der Waals surface area contributed by atoms with Crippen molar-refractivity contribution in [3.63, 3.8) is 0 Å². The van der Waals surface area contributed by atoms with Gasteiger partial charge in [-0.05, 0) is 29.8 Å². The van der Waals surface area contributed by atoms with Gasteiger partial charge in [0.2, 0.25) is 0 Å². The van der Waals surface area contributed by atoms with Crippen LogP contribution in [0.3, 0.4) is 0 Å². The molecule has 3 heterocycles. The van der Waals surface area contributed by atoms with Gasteiger partial charge in [0.05, 0.1) is 6.42 Å². The Balaban J connectivity index is 1.39. The van der Waals surface area contributed by atoms with E-state index >= 15 is 0 Å². The van der Waals surface area contributed by atoms with Gasteiger partial charge in [0.15, 0.2) is 5.69 Å². The summed E-state index contributed by atoms with van der Waals surface area (Å²) in [4.78, 5) is 26.7. The Morgan fingerprint density at radius 3 is 2.57 bits per heavy atom. The molecule has 1 aliphatic heterocycles. The molecule has 0 spiro atoms. The van der Waals surface area contributed by atoms with Gasteiger partial charge in [0.25, 0.3) is 0 Å². The molecule has 2 aromatic heterocycles. The number of nitriles is 1. The average Bonchev–Trinajstić information content (AvgIpc) is 3.25. The number of pyridine rings is 1. The van der Waals surface area contributed by atoms with Gasteiger partial charge in [0, 0.05) is 49.8 Å². The Bertz CT molecular complexity index is 1100. The van der Waals surface area contributed by atoms with E-state index in [4.69, 9.17) is 10.4 Å². The molecule has 1 aliphatic rings. The molecule has 9 heteroatoms. The number of carbonyl (C=O) groups is 1. The van der Waals surface area contributed by atoms with Crippen molar-refractivity contribution in [2.24, 2.45) is 0 Å². The number of carboxylic acids is 1. The SMILES string of the molecule is N#Cc1c[nH]c(-c2ccc(N3CCN(c4ccc(CC(=O)O)c(F)c4)CC3)nc2)n1. The number of aromatic amines is 1. The molecule has 0 saturated carbocycles. The summed E-state index contributed by atoms with van der Waals surface area (Å²) >= 11 is 0. The number of nitrogens with zero attached hydrogens (tertiary/aromatic N) is 5. The minimum atomic E-state index is -1.05. The first-order chi connectivity index (χ1) is 14.5. The summed E-state index contributed by atoms with van der Waals surface area (Å²) in [5.41, 5.74) is 2.07. The van der Waals surface area contributed by atoms with E-state index in [-0.39, 0.29) is 12.0 Å². The second-order valence-electron chi connectivity index (χ2n) is 6.97. The maximum atomic E-state index is 14.2. The molecule has 1 fully saturated rings. The number of rotatable bonds is 5. The highest BCUT2D eigenvalue weighted by Gasteiger charge is 2.20. The number of imidazole rings is 1. The Kier molecular flexibility index (Phi) is 5.30. The van der Waals surface area contributed by atoms with Crippen LogP contribution in [-0.4, -0.2) is 52.2 Å². The first-order valence-electron chi connectivity index (χ1n) is 9.45. The minimum Gasteiger partial charge on any atom is -0.481 e.